The van der Waals surface area contributed by atoms with Crippen LogP contribution < -0.4 is 10.6 Å². The van der Waals surface area contributed by atoms with Crippen molar-refractivity contribution in [2.45, 2.75) is 12.6 Å². The molecule has 1 aromatic heterocycles. The Morgan fingerprint density at radius 1 is 1.04 bits per heavy atom. The zero-order chi connectivity index (χ0) is 19.3. The number of nitrogens with one attached hydrogen (secondary N) is 2. The molecule has 0 aliphatic heterocycles. The molecule has 0 fully saturated rings. The van der Waals surface area contributed by atoms with Crippen LogP contribution in [0.4, 0.5) is 30.6 Å². The van der Waals surface area contributed by atoms with E-state index in [1.807, 2.05) is 18.2 Å². The lowest BCUT2D eigenvalue weighted by molar-refractivity contribution is -0.136. The number of alkyl halides is 3. The van der Waals surface area contributed by atoms with E-state index in [1.54, 1.807) is 6.07 Å². The Morgan fingerprint density at radius 2 is 1.85 bits per heavy atom. The van der Waals surface area contributed by atoms with Crippen LogP contribution in [-0.2, 0) is 12.6 Å². The first-order chi connectivity index (χ1) is 12.9. The van der Waals surface area contributed by atoms with Crippen LogP contribution in [0.1, 0.15) is 11.1 Å². The van der Waals surface area contributed by atoms with Gasteiger partial charge in [0.2, 0.25) is 5.95 Å². The first-order valence-electron chi connectivity index (χ1n) is 8.03. The molecule has 2 aromatic carbocycles. The van der Waals surface area contributed by atoms with Crippen molar-refractivity contribution in [1.29, 1.82) is 0 Å². The molecule has 2 N–H and O–H groups in total. The highest BCUT2D eigenvalue weighted by Gasteiger charge is 2.33. The lowest BCUT2D eigenvalue weighted by Gasteiger charge is -2.14. The SMILES string of the molecule is FC(F)(F)c1ccccc1Nc1cnnc(NCCc2cccc(Cl)c2)n1. The number of halogens is 4. The fraction of sp³-hybridized carbons (Fsp3) is 0.167. The van der Waals surface area contributed by atoms with E-state index in [0.29, 0.717) is 18.0 Å². The van der Waals surface area contributed by atoms with Gasteiger partial charge in [-0.25, -0.2) is 0 Å². The zero-order valence-corrected chi connectivity index (χ0v) is 14.7. The van der Waals surface area contributed by atoms with Gasteiger partial charge in [0.25, 0.3) is 0 Å². The van der Waals surface area contributed by atoms with Crippen LogP contribution in [0.3, 0.4) is 0 Å². The summed E-state index contributed by atoms with van der Waals surface area (Å²) in [6, 6.07) is 12.6. The number of para-hydroxylation sites is 1. The zero-order valence-electron chi connectivity index (χ0n) is 14.0. The van der Waals surface area contributed by atoms with Crippen molar-refractivity contribution in [3.8, 4) is 0 Å². The Labute approximate surface area is 158 Å². The molecule has 0 amide bonds. The van der Waals surface area contributed by atoms with Crippen LogP contribution >= 0.6 is 11.6 Å². The van der Waals surface area contributed by atoms with Crippen molar-refractivity contribution >= 4 is 29.1 Å². The Balaban J connectivity index is 1.66. The maximum absolute atomic E-state index is 13.1. The Bertz CT molecular complexity index is 917. The van der Waals surface area contributed by atoms with E-state index in [1.165, 1.54) is 24.4 Å². The van der Waals surface area contributed by atoms with E-state index in [9.17, 15) is 13.2 Å². The molecular formula is C18H15ClF3N5. The third kappa shape index (κ3) is 5.30. The summed E-state index contributed by atoms with van der Waals surface area (Å²) in [5.74, 6) is 0.374. The van der Waals surface area contributed by atoms with Gasteiger partial charge in [0.15, 0.2) is 5.82 Å². The van der Waals surface area contributed by atoms with Gasteiger partial charge in [-0.2, -0.15) is 23.3 Å². The summed E-state index contributed by atoms with van der Waals surface area (Å²) in [5.41, 5.74) is 0.158. The minimum atomic E-state index is -4.47. The van der Waals surface area contributed by atoms with Crippen molar-refractivity contribution in [3.63, 3.8) is 0 Å². The summed E-state index contributed by atoms with van der Waals surface area (Å²) < 4.78 is 39.2. The lowest BCUT2D eigenvalue weighted by Crippen LogP contribution is -2.11. The lowest BCUT2D eigenvalue weighted by atomic mass is 10.1. The number of anilines is 3. The predicted octanol–water partition coefficient (Wildman–Crippen LogP) is 4.94. The molecule has 140 valence electrons. The first kappa shape index (κ1) is 18.9. The third-order valence-corrected chi connectivity index (χ3v) is 3.87. The van der Waals surface area contributed by atoms with Gasteiger partial charge < -0.3 is 10.6 Å². The average Bonchev–Trinajstić information content (AvgIpc) is 2.62. The van der Waals surface area contributed by atoms with Gasteiger partial charge in [-0.05, 0) is 36.2 Å². The van der Waals surface area contributed by atoms with Crippen molar-refractivity contribution in [3.05, 3.63) is 70.9 Å². The first-order valence-corrected chi connectivity index (χ1v) is 8.41. The largest absolute Gasteiger partial charge is 0.418 e. The second kappa shape index (κ2) is 8.22. The van der Waals surface area contributed by atoms with Gasteiger partial charge in [0.1, 0.15) is 0 Å². The van der Waals surface area contributed by atoms with Crippen LogP contribution in [0, 0.1) is 0 Å². The molecule has 9 heteroatoms. The number of hydrogen-bond acceptors (Lipinski definition) is 5. The monoisotopic (exact) mass is 393 g/mol. The van der Waals surface area contributed by atoms with Gasteiger partial charge in [-0.3, -0.25) is 0 Å². The van der Waals surface area contributed by atoms with Gasteiger partial charge in [-0.15, -0.1) is 5.10 Å². The summed E-state index contributed by atoms with van der Waals surface area (Å²) in [6.45, 7) is 0.518. The smallest absolute Gasteiger partial charge is 0.353 e. The quantitative estimate of drug-likeness (QED) is 0.621. The van der Waals surface area contributed by atoms with Crippen molar-refractivity contribution in [1.82, 2.24) is 15.2 Å². The van der Waals surface area contributed by atoms with E-state index < -0.39 is 11.7 Å². The number of hydrogen-bond donors (Lipinski definition) is 2. The molecule has 27 heavy (non-hydrogen) atoms. The molecule has 0 atom stereocenters. The van der Waals surface area contributed by atoms with Crippen LogP contribution in [0.15, 0.2) is 54.7 Å². The minimum Gasteiger partial charge on any atom is -0.353 e. The predicted molar refractivity (Wildman–Crippen MR) is 98.2 cm³/mol. The van der Waals surface area contributed by atoms with Gasteiger partial charge >= 0.3 is 6.18 Å². The fourth-order valence-electron chi connectivity index (χ4n) is 2.43. The van der Waals surface area contributed by atoms with E-state index >= 15 is 0 Å². The molecule has 0 radical (unpaired) electrons. The van der Waals surface area contributed by atoms with Crippen LogP contribution in [0.25, 0.3) is 0 Å². The van der Waals surface area contributed by atoms with Gasteiger partial charge in [-0.1, -0.05) is 35.9 Å². The molecule has 0 aliphatic rings. The molecule has 0 saturated carbocycles. The summed E-state index contributed by atoms with van der Waals surface area (Å²) in [5, 5.41) is 13.9. The topological polar surface area (TPSA) is 62.7 Å². The fourth-order valence-corrected chi connectivity index (χ4v) is 2.64. The maximum Gasteiger partial charge on any atom is 0.418 e. The molecule has 1 heterocycles. The second-order valence-electron chi connectivity index (χ2n) is 5.64. The number of benzene rings is 2. The summed E-state index contributed by atoms with van der Waals surface area (Å²) in [7, 11) is 0. The highest BCUT2D eigenvalue weighted by Crippen LogP contribution is 2.35. The number of aromatic nitrogens is 3. The number of nitrogens with zero attached hydrogens (tertiary/aromatic N) is 3. The molecule has 0 unspecified atom stereocenters. The molecule has 3 rings (SSSR count). The molecule has 0 bridgehead atoms. The van der Waals surface area contributed by atoms with Crippen LogP contribution in [-0.4, -0.2) is 21.7 Å². The maximum atomic E-state index is 13.1. The van der Waals surface area contributed by atoms with E-state index in [2.05, 4.69) is 25.8 Å². The normalized spacial score (nSPS) is 11.3. The van der Waals surface area contributed by atoms with Gasteiger partial charge in [0.05, 0.1) is 17.4 Å². The molecule has 0 spiro atoms. The molecular weight excluding hydrogens is 379 g/mol. The second-order valence-corrected chi connectivity index (χ2v) is 6.08. The van der Waals surface area contributed by atoms with Gasteiger partial charge in [0, 0.05) is 11.6 Å². The standard InChI is InChI=1S/C18H15ClF3N5/c19-13-5-3-4-12(10-13)8-9-23-17-26-16(11-24-27-17)25-15-7-2-1-6-14(15)18(20,21)22/h1-7,10-11H,8-9H2,(H2,23,25,26,27). The van der Waals surface area contributed by atoms with Crippen molar-refractivity contribution in [2.75, 3.05) is 17.2 Å². The Hall–Kier alpha value is -2.87. The summed E-state index contributed by atoms with van der Waals surface area (Å²) in [6.07, 6.45) is -2.53. The Morgan fingerprint density at radius 3 is 2.63 bits per heavy atom. The summed E-state index contributed by atoms with van der Waals surface area (Å²) >= 11 is 5.94. The van der Waals surface area contributed by atoms with Crippen molar-refractivity contribution in [2.24, 2.45) is 0 Å². The average molecular weight is 394 g/mol. The summed E-state index contributed by atoms with van der Waals surface area (Å²) in [4.78, 5) is 4.15. The van der Waals surface area contributed by atoms with E-state index in [-0.39, 0.29) is 17.5 Å². The van der Waals surface area contributed by atoms with E-state index in [0.717, 1.165) is 11.6 Å². The highest BCUT2D eigenvalue weighted by atomic mass is 35.5. The van der Waals surface area contributed by atoms with Crippen LogP contribution in [0.2, 0.25) is 5.02 Å². The van der Waals surface area contributed by atoms with E-state index in [4.69, 9.17) is 11.6 Å². The molecule has 5 nitrogen and oxygen atoms in total. The minimum absolute atomic E-state index is 0.102. The van der Waals surface area contributed by atoms with Crippen molar-refractivity contribution < 1.29 is 13.2 Å². The third-order valence-electron chi connectivity index (χ3n) is 3.64. The molecule has 0 saturated heterocycles. The Kier molecular flexibility index (Phi) is 5.75. The molecule has 3 aromatic rings. The highest BCUT2D eigenvalue weighted by molar-refractivity contribution is 6.30. The molecule has 0 aliphatic carbocycles. The van der Waals surface area contributed by atoms with Crippen LogP contribution in [0.5, 0.6) is 0 Å². The number of rotatable bonds is 6.